The summed E-state index contributed by atoms with van der Waals surface area (Å²) in [5, 5.41) is 16.2. The Hall–Kier alpha value is -4.00. The highest BCUT2D eigenvalue weighted by Crippen LogP contribution is 2.43. The number of nitrogens with one attached hydrogen (secondary N) is 3. The van der Waals surface area contributed by atoms with Crippen molar-refractivity contribution in [1.29, 1.82) is 0 Å². The lowest BCUT2D eigenvalue weighted by Gasteiger charge is -2.20. The van der Waals surface area contributed by atoms with Crippen molar-refractivity contribution in [2.75, 3.05) is 16.4 Å². The van der Waals surface area contributed by atoms with Gasteiger partial charge in [-0.25, -0.2) is 9.50 Å². The number of fused-ring (bicyclic) bond motifs is 2. The number of amides is 2. The summed E-state index contributed by atoms with van der Waals surface area (Å²) in [6, 6.07) is 4.58. The highest BCUT2D eigenvalue weighted by molar-refractivity contribution is 8.00. The molecule has 4 heterocycles. The van der Waals surface area contributed by atoms with Gasteiger partial charge in [-0.1, -0.05) is 0 Å². The molecule has 32 heavy (non-hydrogen) atoms. The normalized spacial score (nSPS) is 13.2. The number of H-pyrrole nitrogens is 1. The number of ether oxygens (including phenoxy) is 1. The minimum Gasteiger partial charge on any atom is -0.434 e. The minimum absolute atomic E-state index is 0.188. The van der Waals surface area contributed by atoms with Crippen LogP contribution in [0.4, 0.5) is 20.2 Å². The maximum absolute atomic E-state index is 13.1. The first kappa shape index (κ1) is 19.9. The van der Waals surface area contributed by atoms with Gasteiger partial charge in [-0.3, -0.25) is 14.7 Å². The summed E-state index contributed by atoms with van der Waals surface area (Å²) in [6.07, 6.45) is 5.99. The number of thioether (sulfide) groups is 1. The lowest BCUT2D eigenvalue weighted by molar-refractivity contribution is -0.113. The largest absolute Gasteiger partial charge is 0.434 e. The molecule has 0 radical (unpaired) electrons. The number of hydrogen-bond donors (Lipinski definition) is 3. The second kappa shape index (κ2) is 7.92. The first-order chi connectivity index (χ1) is 15.5. The highest BCUT2D eigenvalue weighted by Gasteiger charge is 2.24. The predicted molar refractivity (Wildman–Crippen MR) is 111 cm³/mol. The summed E-state index contributed by atoms with van der Waals surface area (Å²) in [7, 11) is 0. The van der Waals surface area contributed by atoms with Gasteiger partial charge in [0.1, 0.15) is 17.0 Å². The molecule has 0 saturated heterocycles. The number of benzene rings is 1. The van der Waals surface area contributed by atoms with Gasteiger partial charge in [0.05, 0.1) is 23.3 Å². The van der Waals surface area contributed by atoms with E-state index in [1.807, 2.05) is 0 Å². The third kappa shape index (κ3) is 3.62. The van der Waals surface area contributed by atoms with E-state index < -0.39 is 12.5 Å². The van der Waals surface area contributed by atoms with Crippen molar-refractivity contribution in [3.63, 3.8) is 0 Å². The Labute approximate surface area is 182 Å². The van der Waals surface area contributed by atoms with Gasteiger partial charge in [-0.15, -0.1) is 11.8 Å². The summed E-state index contributed by atoms with van der Waals surface area (Å²) < 4.78 is 32.3. The lowest BCUT2D eigenvalue weighted by atomic mass is 10.1. The number of carbonyl (C=O) groups is 2. The van der Waals surface area contributed by atoms with Crippen molar-refractivity contribution in [2.45, 2.75) is 11.5 Å². The van der Waals surface area contributed by atoms with Crippen LogP contribution in [0.5, 0.6) is 5.75 Å². The van der Waals surface area contributed by atoms with E-state index in [2.05, 4.69) is 35.7 Å². The monoisotopic (exact) mass is 457 g/mol. The van der Waals surface area contributed by atoms with E-state index in [0.717, 1.165) is 0 Å². The van der Waals surface area contributed by atoms with Gasteiger partial charge in [0, 0.05) is 35.1 Å². The predicted octanol–water partition coefficient (Wildman–Crippen LogP) is 3.02. The highest BCUT2D eigenvalue weighted by atomic mass is 32.2. The molecular weight excluding hydrogens is 444 g/mol. The zero-order valence-corrected chi connectivity index (χ0v) is 16.8. The Morgan fingerprint density at radius 2 is 2.22 bits per heavy atom. The molecule has 3 N–H and O–H groups in total. The van der Waals surface area contributed by atoms with Crippen LogP contribution in [-0.4, -0.2) is 49.0 Å². The van der Waals surface area contributed by atoms with Gasteiger partial charge in [-0.2, -0.15) is 19.0 Å². The van der Waals surface area contributed by atoms with Crippen molar-refractivity contribution < 1.29 is 23.1 Å². The van der Waals surface area contributed by atoms with Crippen LogP contribution in [0.15, 0.2) is 47.9 Å². The summed E-state index contributed by atoms with van der Waals surface area (Å²) in [5.41, 5.74) is 1.61. The summed E-state index contributed by atoms with van der Waals surface area (Å²) >= 11 is 1.26. The number of anilines is 2. The Kier molecular flexibility index (Phi) is 4.93. The molecule has 0 saturated carbocycles. The van der Waals surface area contributed by atoms with E-state index in [1.165, 1.54) is 40.9 Å². The average Bonchev–Trinajstić information content (AvgIpc) is 3.39. The van der Waals surface area contributed by atoms with Crippen molar-refractivity contribution in [2.24, 2.45) is 0 Å². The smallest absolute Gasteiger partial charge is 0.387 e. The molecule has 162 valence electrons. The van der Waals surface area contributed by atoms with Crippen molar-refractivity contribution in [3.8, 4) is 17.0 Å². The molecule has 0 spiro atoms. The van der Waals surface area contributed by atoms with E-state index in [4.69, 9.17) is 0 Å². The first-order valence-corrected chi connectivity index (χ1v) is 10.2. The second-order valence-electron chi connectivity index (χ2n) is 6.61. The molecule has 1 aliphatic rings. The fourth-order valence-electron chi connectivity index (χ4n) is 3.25. The van der Waals surface area contributed by atoms with Crippen LogP contribution in [-0.2, 0) is 4.79 Å². The zero-order valence-electron chi connectivity index (χ0n) is 16.0. The molecule has 5 rings (SSSR count). The quantitative estimate of drug-likeness (QED) is 0.421. The number of carbonyl (C=O) groups excluding carboxylic acids is 2. The summed E-state index contributed by atoms with van der Waals surface area (Å²) in [5.74, 6) is -0.750. The molecule has 13 heteroatoms. The van der Waals surface area contributed by atoms with E-state index in [9.17, 15) is 18.4 Å². The number of hydrogen-bond acceptors (Lipinski definition) is 7. The molecule has 0 atom stereocenters. The van der Waals surface area contributed by atoms with E-state index >= 15 is 0 Å². The fraction of sp³-hybridized carbons (Fsp3) is 0.105. The summed E-state index contributed by atoms with van der Waals surface area (Å²) in [4.78, 5) is 29.3. The minimum atomic E-state index is -3.10. The number of nitrogens with zero attached hydrogens (tertiary/aromatic N) is 4. The van der Waals surface area contributed by atoms with Crippen LogP contribution in [0.3, 0.4) is 0 Å². The third-order valence-corrected chi connectivity index (χ3v) is 5.65. The van der Waals surface area contributed by atoms with E-state index in [1.54, 1.807) is 18.3 Å². The van der Waals surface area contributed by atoms with Crippen LogP contribution < -0.4 is 15.4 Å². The zero-order chi connectivity index (χ0) is 22.2. The number of alkyl halides is 2. The van der Waals surface area contributed by atoms with E-state index in [0.29, 0.717) is 16.2 Å². The Balaban J connectivity index is 1.52. The fourth-order valence-corrected chi connectivity index (χ4v) is 4.08. The first-order valence-electron chi connectivity index (χ1n) is 9.19. The molecule has 4 aromatic rings. The maximum Gasteiger partial charge on any atom is 0.387 e. The molecule has 10 nitrogen and oxygen atoms in total. The second-order valence-corrected chi connectivity index (χ2v) is 7.62. The average molecular weight is 457 g/mol. The van der Waals surface area contributed by atoms with Gasteiger partial charge < -0.3 is 15.4 Å². The maximum atomic E-state index is 13.1. The van der Waals surface area contributed by atoms with Crippen molar-refractivity contribution in [1.82, 2.24) is 24.8 Å². The SMILES string of the molecule is O=C1CSc2cc(-c3n[nH]cc3NC(=O)c3cnn4cccnc34)c(OC(F)F)cc2N1. The third-order valence-electron chi connectivity index (χ3n) is 4.60. The van der Waals surface area contributed by atoms with Gasteiger partial charge >= 0.3 is 6.61 Å². The molecule has 0 bridgehead atoms. The Morgan fingerprint density at radius 3 is 3.06 bits per heavy atom. The van der Waals surface area contributed by atoms with Crippen molar-refractivity contribution >= 4 is 40.6 Å². The Morgan fingerprint density at radius 1 is 1.34 bits per heavy atom. The van der Waals surface area contributed by atoms with Crippen LogP contribution in [0.1, 0.15) is 10.4 Å². The van der Waals surface area contributed by atoms with Gasteiger partial charge in [0.25, 0.3) is 5.91 Å². The van der Waals surface area contributed by atoms with Gasteiger partial charge in [0.15, 0.2) is 5.65 Å². The molecule has 0 unspecified atom stereocenters. The van der Waals surface area contributed by atoms with Crippen LogP contribution >= 0.6 is 11.8 Å². The van der Waals surface area contributed by atoms with Gasteiger partial charge in [0.2, 0.25) is 5.91 Å². The molecule has 3 aromatic heterocycles. The van der Waals surface area contributed by atoms with E-state index in [-0.39, 0.29) is 39.9 Å². The number of rotatable bonds is 5. The van der Waals surface area contributed by atoms with Crippen LogP contribution in [0.25, 0.3) is 16.9 Å². The number of halogens is 2. The van der Waals surface area contributed by atoms with Crippen LogP contribution in [0, 0.1) is 0 Å². The van der Waals surface area contributed by atoms with Crippen molar-refractivity contribution in [3.05, 3.63) is 48.5 Å². The molecule has 0 fully saturated rings. The molecule has 1 aliphatic heterocycles. The molecule has 1 aromatic carbocycles. The number of aromatic amines is 1. The van der Waals surface area contributed by atoms with Crippen LogP contribution in [0.2, 0.25) is 0 Å². The standard InChI is InChI=1S/C19H13F2N7O3S/c20-19(21)31-13-5-11-14(32-8-15(29)25-11)4-9(13)16-12(7-23-27-16)26-18(30)10-6-24-28-3-1-2-22-17(10)28/h1-7,19H,8H2,(H,23,27)(H,25,29)(H,26,30). The topological polar surface area (TPSA) is 126 Å². The molecule has 0 aliphatic carbocycles. The Bertz CT molecular complexity index is 1350. The number of aromatic nitrogens is 5. The lowest BCUT2D eigenvalue weighted by Crippen LogP contribution is -2.19. The molecular formula is C19H13F2N7O3S. The molecule has 2 amide bonds. The van der Waals surface area contributed by atoms with Gasteiger partial charge in [-0.05, 0) is 12.1 Å². The summed E-state index contributed by atoms with van der Waals surface area (Å²) in [6.45, 7) is -3.10.